The first-order valence-corrected chi connectivity index (χ1v) is 7.49. The van der Waals surface area contributed by atoms with Crippen molar-refractivity contribution in [2.75, 3.05) is 26.3 Å². The molecule has 0 spiro atoms. The molecule has 0 saturated carbocycles. The van der Waals surface area contributed by atoms with Gasteiger partial charge >= 0.3 is 0 Å². The molecule has 0 aromatic rings. The van der Waals surface area contributed by atoms with E-state index in [1.54, 1.807) is 6.08 Å². The molecule has 0 bridgehead atoms. The Kier molecular flexibility index (Phi) is 6.77. The average molecular weight is 310 g/mol. The number of nitrogens with one attached hydrogen (secondary N) is 1. The van der Waals surface area contributed by atoms with Crippen LogP contribution in [0.3, 0.4) is 0 Å². The largest absolute Gasteiger partial charge is 0.396 e. The van der Waals surface area contributed by atoms with E-state index in [2.05, 4.69) is 11.9 Å². The van der Waals surface area contributed by atoms with Crippen LogP contribution in [0.4, 0.5) is 0 Å². The molecule has 1 fully saturated rings. The summed E-state index contributed by atoms with van der Waals surface area (Å²) in [5, 5.41) is 11.4. The third-order valence-corrected chi connectivity index (χ3v) is 3.58. The molecular weight excluding hydrogens is 284 g/mol. The molecule has 1 atom stereocenters. The predicted octanol–water partition coefficient (Wildman–Crippen LogP) is 0.828. The molecule has 0 aromatic carbocycles. The monoisotopic (exact) mass is 310 g/mol. The van der Waals surface area contributed by atoms with Crippen LogP contribution in [0.5, 0.6) is 0 Å². The molecule has 124 valence electrons. The predicted molar refractivity (Wildman–Crippen MR) is 83.9 cm³/mol. The highest BCUT2D eigenvalue weighted by Crippen LogP contribution is 2.30. The summed E-state index contributed by atoms with van der Waals surface area (Å²) in [7, 11) is 0. The van der Waals surface area contributed by atoms with Gasteiger partial charge in [-0.15, -0.1) is 0 Å². The Bertz CT molecular complexity index is 435. The number of epoxide rings is 1. The smallest absolute Gasteiger partial charge is 0.251 e. The van der Waals surface area contributed by atoms with E-state index < -0.39 is 0 Å². The number of aliphatic hydroxyl groups excluding tert-OH is 1. The molecular formula is C16H26N2O4. The van der Waals surface area contributed by atoms with Crippen molar-refractivity contribution in [3.05, 3.63) is 24.4 Å². The van der Waals surface area contributed by atoms with Gasteiger partial charge in [-0.1, -0.05) is 20.4 Å². The molecule has 2 amide bonds. The summed E-state index contributed by atoms with van der Waals surface area (Å²) in [4.78, 5) is 23.8. The highest BCUT2D eigenvalue weighted by Gasteiger charge is 2.38. The van der Waals surface area contributed by atoms with Gasteiger partial charge in [-0.2, -0.15) is 0 Å². The van der Waals surface area contributed by atoms with Gasteiger partial charge in [0.05, 0.1) is 19.3 Å². The van der Waals surface area contributed by atoms with E-state index in [9.17, 15) is 9.59 Å². The molecule has 0 aliphatic carbocycles. The molecule has 2 aliphatic rings. The zero-order valence-electron chi connectivity index (χ0n) is 13.6. The average Bonchev–Trinajstić information content (AvgIpc) is 3.27. The van der Waals surface area contributed by atoms with Crippen molar-refractivity contribution < 1.29 is 19.4 Å². The van der Waals surface area contributed by atoms with Gasteiger partial charge in [0.15, 0.2) is 0 Å². The molecule has 6 heteroatoms. The van der Waals surface area contributed by atoms with E-state index in [4.69, 9.17) is 9.84 Å². The van der Waals surface area contributed by atoms with Crippen LogP contribution in [0.2, 0.25) is 0 Å². The summed E-state index contributed by atoms with van der Waals surface area (Å²) in [6, 6.07) is 0. The first kappa shape index (κ1) is 18.4. The standard InChI is InChI=1S/C10H14N2O2.C6H12O2/c1-3-11-9(13)6-7-12-8(2)4-5-10(12)14;1-6(2,4-7)5-3-8-5/h4-5H,2-3,6-7H2,1H3,(H,11,13);5,7H,3-4H2,1-2H3. The Balaban J connectivity index is 0.000000255. The number of allylic oxidation sites excluding steroid dienone is 1. The maximum atomic E-state index is 11.2. The molecule has 1 unspecified atom stereocenters. The third kappa shape index (κ3) is 5.61. The highest BCUT2D eigenvalue weighted by molar-refractivity contribution is 5.93. The topological polar surface area (TPSA) is 82.2 Å². The lowest BCUT2D eigenvalue weighted by atomic mass is 9.91. The van der Waals surface area contributed by atoms with E-state index in [0.29, 0.717) is 31.3 Å². The zero-order valence-corrected chi connectivity index (χ0v) is 13.6. The van der Waals surface area contributed by atoms with Crippen molar-refractivity contribution in [1.82, 2.24) is 10.2 Å². The van der Waals surface area contributed by atoms with Gasteiger partial charge in [0.1, 0.15) is 0 Å². The Morgan fingerprint density at radius 1 is 1.55 bits per heavy atom. The molecule has 2 rings (SSSR count). The van der Waals surface area contributed by atoms with Gasteiger partial charge < -0.3 is 20.1 Å². The molecule has 1 saturated heterocycles. The highest BCUT2D eigenvalue weighted by atomic mass is 16.6. The van der Waals surface area contributed by atoms with E-state index in [1.807, 2.05) is 20.8 Å². The summed E-state index contributed by atoms with van der Waals surface area (Å²) in [6.45, 7) is 11.6. The van der Waals surface area contributed by atoms with Crippen LogP contribution in [-0.2, 0) is 14.3 Å². The minimum Gasteiger partial charge on any atom is -0.396 e. The number of rotatable bonds is 6. The van der Waals surface area contributed by atoms with Gasteiger partial charge in [-0.25, -0.2) is 0 Å². The van der Waals surface area contributed by atoms with Crippen LogP contribution < -0.4 is 5.32 Å². The summed E-state index contributed by atoms with van der Waals surface area (Å²) in [5.41, 5.74) is 0.638. The number of carbonyl (C=O) groups is 2. The molecule has 2 heterocycles. The normalized spacial score (nSPS) is 19.8. The number of nitrogens with zero attached hydrogens (tertiary/aromatic N) is 1. The molecule has 2 N–H and O–H groups in total. The van der Waals surface area contributed by atoms with Crippen molar-refractivity contribution >= 4 is 11.8 Å². The minimum atomic E-state index is -0.0979. The van der Waals surface area contributed by atoms with Gasteiger partial charge in [-0.3, -0.25) is 9.59 Å². The summed E-state index contributed by atoms with van der Waals surface area (Å²) in [6.07, 6.45) is 3.74. The van der Waals surface area contributed by atoms with Gasteiger partial charge in [-0.05, 0) is 13.0 Å². The fourth-order valence-electron chi connectivity index (χ4n) is 1.84. The number of amides is 2. The second kappa shape index (κ2) is 8.10. The SMILES string of the molecule is C=C1C=CC(=O)N1CCC(=O)NCC.CC(C)(CO)C1CO1. The number of hydrogen-bond donors (Lipinski definition) is 2. The van der Waals surface area contributed by atoms with Crippen molar-refractivity contribution in [2.45, 2.75) is 33.3 Å². The van der Waals surface area contributed by atoms with Crippen molar-refractivity contribution in [2.24, 2.45) is 5.41 Å². The second-order valence-corrected chi connectivity index (χ2v) is 5.99. The fraction of sp³-hybridized carbons (Fsp3) is 0.625. The van der Waals surface area contributed by atoms with Crippen LogP contribution in [0.1, 0.15) is 27.2 Å². The van der Waals surface area contributed by atoms with Gasteiger partial charge in [0.2, 0.25) is 5.91 Å². The van der Waals surface area contributed by atoms with Crippen LogP contribution in [0.15, 0.2) is 24.4 Å². The summed E-state index contributed by atoms with van der Waals surface area (Å²) < 4.78 is 5.00. The second-order valence-electron chi connectivity index (χ2n) is 5.99. The minimum absolute atomic E-state index is 0.0139. The Hall–Kier alpha value is -1.66. The van der Waals surface area contributed by atoms with E-state index in [-0.39, 0.29) is 23.8 Å². The first-order chi connectivity index (χ1) is 10.3. The number of hydrogen-bond acceptors (Lipinski definition) is 4. The lowest BCUT2D eigenvalue weighted by Crippen LogP contribution is -2.30. The fourth-order valence-corrected chi connectivity index (χ4v) is 1.84. The van der Waals surface area contributed by atoms with Crippen LogP contribution in [0, 0.1) is 5.41 Å². The number of ether oxygens (including phenoxy) is 1. The van der Waals surface area contributed by atoms with Crippen molar-refractivity contribution in [1.29, 1.82) is 0 Å². The van der Waals surface area contributed by atoms with Gasteiger partial charge in [0.25, 0.3) is 5.91 Å². The third-order valence-electron chi connectivity index (χ3n) is 3.58. The van der Waals surface area contributed by atoms with Crippen molar-refractivity contribution in [3.63, 3.8) is 0 Å². The van der Waals surface area contributed by atoms with Gasteiger partial charge in [0, 0.05) is 36.7 Å². The maximum absolute atomic E-state index is 11.2. The van der Waals surface area contributed by atoms with Crippen molar-refractivity contribution in [3.8, 4) is 0 Å². The van der Waals surface area contributed by atoms with Crippen LogP contribution >= 0.6 is 0 Å². The molecule has 0 radical (unpaired) electrons. The molecule has 6 nitrogen and oxygen atoms in total. The van der Waals surface area contributed by atoms with E-state index in [1.165, 1.54) is 11.0 Å². The molecule has 0 aromatic heterocycles. The Morgan fingerprint density at radius 2 is 2.18 bits per heavy atom. The van der Waals surface area contributed by atoms with E-state index in [0.717, 1.165) is 6.61 Å². The summed E-state index contributed by atoms with van der Waals surface area (Å²) >= 11 is 0. The zero-order chi connectivity index (χ0) is 16.8. The Morgan fingerprint density at radius 3 is 2.55 bits per heavy atom. The Labute approximate surface area is 131 Å². The first-order valence-electron chi connectivity index (χ1n) is 7.49. The maximum Gasteiger partial charge on any atom is 0.251 e. The van der Waals surface area contributed by atoms with Crippen LogP contribution in [-0.4, -0.2) is 54.2 Å². The molecule has 22 heavy (non-hydrogen) atoms. The number of aliphatic hydroxyl groups is 1. The summed E-state index contributed by atoms with van der Waals surface area (Å²) in [5.74, 6) is -0.140. The van der Waals surface area contributed by atoms with E-state index >= 15 is 0 Å². The lowest BCUT2D eigenvalue weighted by Gasteiger charge is -2.17. The quantitative estimate of drug-likeness (QED) is 0.712. The lowest BCUT2D eigenvalue weighted by molar-refractivity contribution is -0.124. The van der Waals surface area contributed by atoms with Crippen LogP contribution in [0.25, 0.3) is 0 Å². The molecule has 2 aliphatic heterocycles. The number of carbonyl (C=O) groups excluding carboxylic acids is 2.